The SMILES string of the molecule is CN(CC1CCCCN1)C(=O)c1ccc[nH]c1=O. The highest BCUT2D eigenvalue weighted by molar-refractivity contribution is 5.93. The minimum atomic E-state index is -0.328. The van der Waals surface area contributed by atoms with Crippen LogP contribution < -0.4 is 10.9 Å². The Bertz CT molecular complexity index is 463. The Hall–Kier alpha value is -1.62. The van der Waals surface area contributed by atoms with Gasteiger partial charge in [-0.25, -0.2) is 0 Å². The Morgan fingerprint density at radius 3 is 3.00 bits per heavy atom. The molecule has 2 N–H and O–H groups in total. The fourth-order valence-corrected chi connectivity index (χ4v) is 2.29. The van der Waals surface area contributed by atoms with Crippen molar-refractivity contribution in [2.24, 2.45) is 0 Å². The van der Waals surface area contributed by atoms with Gasteiger partial charge in [-0.15, -0.1) is 0 Å². The van der Waals surface area contributed by atoms with Crippen molar-refractivity contribution in [2.45, 2.75) is 25.3 Å². The van der Waals surface area contributed by atoms with Gasteiger partial charge >= 0.3 is 0 Å². The molecular weight excluding hydrogens is 230 g/mol. The first-order valence-corrected chi connectivity index (χ1v) is 6.35. The van der Waals surface area contributed by atoms with Crippen LogP contribution in [0, 0.1) is 0 Å². The molecular formula is C13H19N3O2. The van der Waals surface area contributed by atoms with Crippen LogP contribution in [-0.4, -0.2) is 42.0 Å². The zero-order valence-corrected chi connectivity index (χ0v) is 10.6. The Labute approximate surface area is 106 Å². The van der Waals surface area contributed by atoms with Gasteiger partial charge in [-0.2, -0.15) is 0 Å². The molecule has 0 bridgehead atoms. The fraction of sp³-hybridized carbons (Fsp3) is 0.538. The van der Waals surface area contributed by atoms with Crippen LogP contribution in [0.3, 0.4) is 0 Å². The number of likely N-dealkylation sites (N-methyl/N-ethyl adjacent to an activating group) is 1. The van der Waals surface area contributed by atoms with Gasteiger partial charge in [0.05, 0.1) is 0 Å². The molecule has 1 atom stereocenters. The van der Waals surface area contributed by atoms with Crippen LogP contribution in [0.1, 0.15) is 29.6 Å². The smallest absolute Gasteiger partial charge is 0.260 e. The second-order valence-electron chi connectivity index (χ2n) is 4.75. The number of aromatic amines is 1. The molecule has 0 aromatic carbocycles. The number of piperidine rings is 1. The van der Waals surface area contributed by atoms with Crippen molar-refractivity contribution in [3.63, 3.8) is 0 Å². The van der Waals surface area contributed by atoms with Gasteiger partial charge in [0.25, 0.3) is 11.5 Å². The summed E-state index contributed by atoms with van der Waals surface area (Å²) in [5.74, 6) is -0.218. The van der Waals surface area contributed by atoms with Crippen molar-refractivity contribution < 1.29 is 4.79 Å². The van der Waals surface area contributed by atoms with Crippen molar-refractivity contribution in [2.75, 3.05) is 20.1 Å². The predicted molar refractivity (Wildman–Crippen MR) is 69.7 cm³/mol. The minimum Gasteiger partial charge on any atom is -0.340 e. The number of H-pyrrole nitrogens is 1. The summed E-state index contributed by atoms with van der Waals surface area (Å²) in [4.78, 5) is 27.8. The number of hydrogen-bond acceptors (Lipinski definition) is 3. The molecule has 1 fully saturated rings. The maximum atomic E-state index is 12.1. The largest absolute Gasteiger partial charge is 0.340 e. The van der Waals surface area contributed by atoms with Gasteiger partial charge in [0.15, 0.2) is 0 Å². The standard InChI is InChI=1S/C13H19N3O2/c1-16(9-10-5-2-3-7-14-10)13(18)11-6-4-8-15-12(11)17/h4,6,8,10,14H,2-3,5,7,9H2,1H3,(H,15,17). The summed E-state index contributed by atoms with van der Waals surface area (Å²) in [5.41, 5.74) is -0.123. The topological polar surface area (TPSA) is 65.2 Å². The van der Waals surface area contributed by atoms with Gasteiger partial charge in [-0.05, 0) is 31.5 Å². The summed E-state index contributed by atoms with van der Waals surface area (Å²) in [6.45, 7) is 1.66. The second kappa shape index (κ2) is 5.82. The van der Waals surface area contributed by atoms with Crippen molar-refractivity contribution in [3.8, 4) is 0 Å². The van der Waals surface area contributed by atoms with Crippen LogP contribution >= 0.6 is 0 Å². The number of nitrogens with zero attached hydrogens (tertiary/aromatic N) is 1. The molecule has 5 heteroatoms. The molecule has 2 rings (SSSR count). The lowest BCUT2D eigenvalue weighted by atomic mass is 10.0. The molecule has 0 aliphatic carbocycles. The minimum absolute atomic E-state index is 0.204. The average Bonchev–Trinajstić information content (AvgIpc) is 2.39. The summed E-state index contributed by atoms with van der Waals surface area (Å²) in [7, 11) is 1.74. The van der Waals surface area contributed by atoms with Gasteiger partial charge in [-0.1, -0.05) is 6.42 Å². The molecule has 1 amide bonds. The van der Waals surface area contributed by atoms with E-state index in [2.05, 4.69) is 10.3 Å². The van der Waals surface area contributed by atoms with E-state index in [-0.39, 0.29) is 17.0 Å². The number of amides is 1. The normalized spacial score (nSPS) is 19.5. The van der Waals surface area contributed by atoms with E-state index in [1.165, 1.54) is 19.0 Å². The summed E-state index contributed by atoms with van der Waals surface area (Å²) in [6, 6.07) is 3.57. The zero-order chi connectivity index (χ0) is 13.0. The Balaban J connectivity index is 2.00. The van der Waals surface area contributed by atoms with Crippen molar-refractivity contribution in [1.82, 2.24) is 15.2 Å². The molecule has 98 valence electrons. The van der Waals surface area contributed by atoms with E-state index < -0.39 is 0 Å². The van der Waals surface area contributed by atoms with E-state index in [0.717, 1.165) is 13.0 Å². The molecule has 5 nitrogen and oxygen atoms in total. The second-order valence-corrected chi connectivity index (χ2v) is 4.75. The Kier molecular flexibility index (Phi) is 4.15. The lowest BCUT2D eigenvalue weighted by Gasteiger charge is -2.28. The third-order valence-corrected chi connectivity index (χ3v) is 3.30. The number of carbonyl (C=O) groups is 1. The number of nitrogens with one attached hydrogen (secondary N) is 2. The monoisotopic (exact) mass is 249 g/mol. The summed E-state index contributed by atoms with van der Waals surface area (Å²) in [5, 5.41) is 3.39. The molecule has 0 saturated carbocycles. The molecule has 1 aliphatic heterocycles. The number of hydrogen-bond donors (Lipinski definition) is 2. The van der Waals surface area contributed by atoms with Crippen LogP contribution in [0.2, 0.25) is 0 Å². The van der Waals surface area contributed by atoms with Crippen LogP contribution in [0.25, 0.3) is 0 Å². The van der Waals surface area contributed by atoms with Gasteiger partial charge in [0.2, 0.25) is 0 Å². The first kappa shape index (κ1) is 12.8. The van der Waals surface area contributed by atoms with Crippen LogP contribution in [-0.2, 0) is 0 Å². The highest BCUT2D eigenvalue weighted by Gasteiger charge is 2.20. The summed E-state index contributed by atoms with van der Waals surface area (Å²) < 4.78 is 0. The maximum absolute atomic E-state index is 12.1. The fourth-order valence-electron chi connectivity index (χ4n) is 2.29. The predicted octanol–water partition coefficient (Wildman–Crippen LogP) is 0.589. The van der Waals surface area contributed by atoms with Gasteiger partial charge in [0.1, 0.15) is 5.56 Å². The molecule has 1 aromatic heterocycles. The molecule has 2 heterocycles. The van der Waals surface area contributed by atoms with Crippen LogP contribution in [0.4, 0.5) is 0 Å². The molecule has 1 aliphatic rings. The van der Waals surface area contributed by atoms with Crippen LogP contribution in [0.5, 0.6) is 0 Å². The molecule has 0 radical (unpaired) electrons. The third-order valence-electron chi connectivity index (χ3n) is 3.30. The zero-order valence-electron chi connectivity index (χ0n) is 10.6. The van der Waals surface area contributed by atoms with E-state index in [4.69, 9.17) is 0 Å². The lowest BCUT2D eigenvalue weighted by molar-refractivity contribution is 0.0773. The number of aromatic nitrogens is 1. The summed E-state index contributed by atoms with van der Waals surface area (Å²) >= 11 is 0. The maximum Gasteiger partial charge on any atom is 0.260 e. The van der Waals surface area contributed by atoms with Crippen molar-refractivity contribution >= 4 is 5.91 Å². The highest BCUT2D eigenvalue weighted by atomic mass is 16.2. The van der Waals surface area contributed by atoms with Gasteiger partial charge in [-0.3, -0.25) is 9.59 Å². The number of carbonyl (C=O) groups excluding carboxylic acids is 1. The lowest BCUT2D eigenvalue weighted by Crippen LogP contribution is -2.45. The third kappa shape index (κ3) is 2.98. The van der Waals surface area contributed by atoms with Crippen molar-refractivity contribution in [3.05, 3.63) is 34.2 Å². The molecule has 18 heavy (non-hydrogen) atoms. The molecule has 1 unspecified atom stereocenters. The van der Waals surface area contributed by atoms with Gasteiger partial charge in [0, 0.05) is 25.8 Å². The number of pyridine rings is 1. The van der Waals surface area contributed by atoms with E-state index in [9.17, 15) is 9.59 Å². The first-order chi connectivity index (χ1) is 8.68. The quantitative estimate of drug-likeness (QED) is 0.824. The highest BCUT2D eigenvalue weighted by Crippen LogP contribution is 2.08. The summed E-state index contributed by atoms with van der Waals surface area (Å²) in [6.07, 6.45) is 5.02. The average molecular weight is 249 g/mol. The first-order valence-electron chi connectivity index (χ1n) is 6.35. The van der Waals surface area contributed by atoms with E-state index >= 15 is 0 Å². The Morgan fingerprint density at radius 2 is 2.33 bits per heavy atom. The number of rotatable bonds is 3. The van der Waals surface area contributed by atoms with E-state index in [1.54, 1.807) is 24.1 Å². The van der Waals surface area contributed by atoms with Crippen LogP contribution in [0.15, 0.2) is 23.1 Å². The van der Waals surface area contributed by atoms with Gasteiger partial charge < -0.3 is 15.2 Å². The van der Waals surface area contributed by atoms with E-state index in [0.29, 0.717) is 12.6 Å². The van der Waals surface area contributed by atoms with Crippen molar-refractivity contribution in [1.29, 1.82) is 0 Å². The van der Waals surface area contributed by atoms with E-state index in [1.807, 2.05) is 0 Å². The Morgan fingerprint density at radius 1 is 1.50 bits per heavy atom. The molecule has 1 aromatic rings. The molecule has 1 saturated heterocycles. The molecule has 0 spiro atoms.